The predicted octanol–water partition coefficient (Wildman–Crippen LogP) is 6.21. The molecule has 210 valence electrons. The number of ketones is 1. The lowest BCUT2D eigenvalue weighted by atomic mass is 10.0. The van der Waals surface area contributed by atoms with Gasteiger partial charge in [0.15, 0.2) is 0 Å². The maximum atomic E-state index is 12.1. The Balaban J connectivity index is 3.62. The van der Waals surface area contributed by atoms with Gasteiger partial charge in [0.05, 0.1) is 40.0 Å². The van der Waals surface area contributed by atoms with Crippen molar-refractivity contribution in [2.75, 3.05) is 46.6 Å². The van der Waals surface area contributed by atoms with Crippen molar-refractivity contribution >= 4 is 13.4 Å². The van der Waals surface area contributed by atoms with Gasteiger partial charge in [0.2, 0.25) is 0 Å². The molecule has 0 radical (unpaired) electrons. The average Bonchev–Trinajstić information content (AvgIpc) is 2.80. The van der Waals surface area contributed by atoms with Crippen molar-refractivity contribution in [1.29, 1.82) is 0 Å². The molecular formula is C28H59NO5P+. The Morgan fingerprint density at radius 2 is 1.26 bits per heavy atom. The maximum absolute atomic E-state index is 12.1. The number of Topliss-reactive ketones (excluding diaryl/α,β-unsaturated/α-hetero) is 1. The van der Waals surface area contributed by atoms with E-state index in [1.54, 1.807) is 0 Å². The van der Waals surface area contributed by atoms with Crippen molar-refractivity contribution in [3.63, 3.8) is 0 Å². The third-order valence-electron chi connectivity index (χ3n) is 6.48. The van der Waals surface area contributed by atoms with Gasteiger partial charge in [0.1, 0.15) is 5.78 Å². The van der Waals surface area contributed by atoms with Gasteiger partial charge in [-0.25, -0.2) is 0 Å². The van der Waals surface area contributed by atoms with E-state index in [0.717, 1.165) is 11.3 Å². The third-order valence-corrected chi connectivity index (χ3v) is 7.82. The topological polar surface area (TPSA) is 77.3 Å². The minimum Gasteiger partial charge on any atom is -0.381 e. The molecule has 2 unspecified atom stereocenters. The van der Waals surface area contributed by atoms with E-state index in [9.17, 15) is 14.3 Å². The van der Waals surface area contributed by atoms with E-state index in [1.165, 1.54) is 103 Å². The van der Waals surface area contributed by atoms with Crippen LogP contribution >= 0.6 is 7.60 Å². The van der Waals surface area contributed by atoms with Crippen LogP contribution in [0.3, 0.4) is 0 Å². The maximum Gasteiger partial charge on any atom is 0.333 e. The zero-order chi connectivity index (χ0) is 26.2. The molecule has 0 spiro atoms. The molecule has 6 nitrogen and oxygen atoms in total. The molecule has 0 saturated carbocycles. The second kappa shape index (κ2) is 24.1. The number of rotatable bonds is 27. The largest absolute Gasteiger partial charge is 0.381 e. The Morgan fingerprint density at radius 1 is 0.800 bits per heavy atom. The van der Waals surface area contributed by atoms with Gasteiger partial charge in [-0.2, -0.15) is 0 Å². The first-order chi connectivity index (χ1) is 16.8. The summed E-state index contributed by atoms with van der Waals surface area (Å²) < 4.78 is 23.2. The monoisotopic (exact) mass is 520 g/mol. The van der Waals surface area contributed by atoms with E-state index >= 15 is 0 Å². The van der Waals surface area contributed by atoms with Crippen molar-refractivity contribution in [1.82, 2.24) is 0 Å². The molecule has 0 aromatic heterocycles. The third kappa shape index (κ3) is 26.6. The van der Waals surface area contributed by atoms with E-state index in [-0.39, 0.29) is 24.5 Å². The highest BCUT2D eigenvalue weighted by Crippen LogP contribution is 2.41. The second-order valence-electron chi connectivity index (χ2n) is 10.8. The highest BCUT2D eigenvalue weighted by atomic mass is 31.2. The van der Waals surface area contributed by atoms with E-state index in [1.807, 2.05) is 14.1 Å². The predicted molar refractivity (Wildman–Crippen MR) is 147 cm³/mol. The Labute approximate surface area is 217 Å². The minimum absolute atomic E-state index is 0.0510. The number of carbonyl (C=O) groups is 1. The molecule has 0 aromatic carbocycles. The van der Waals surface area contributed by atoms with Crippen molar-refractivity contribution < 1.29 is 28.4 Å². The molecule has 0 aliphatic heterocycles. The number of hydrogen-bond donors (Lipinski definition) is 2. The van der Waals surface area contributed by atoms with Crippen LogP contribution in [0.1, 0.15) is 123 Å². The first-order valence-corrected chi connectivity index (χ1v) is 16.4. The summed E-state index contributed by atoms with van der Waals surface area (Å²) in [5.41, 5.74) is 0. The summed E-state index contributed by atoms with van der Waals surface area (Å²) in [5.74, 6) is -0.115. The SMILES string of the molecule is CCCCCCCCCCCCCCCCCCOCC(COP(=O)(O)CC[NH+](C)C)CC(C)=O. The first-order valence-electron chi connectivity index (χ1n) is 14.6. The van der Waals surface area contributed by atoms with Crippen LogP contribution in [0.2, 0.25) is 0 Å². The molecule has 0 aliphatic carbocycles. The number of ether oxygens (including phenoxy) is 1. The summed E-state index contributed by atoms with van der Waals surface area (Å²) in [4.78, 5) is 22.6. The molecule has 0 amide bonds. The van der Waals surface area contributed by atoms with Crippen LogP contribution in [-0.4, -0.2) is 57.3 Å². The zero-order valence-electron chi connectivity index (χ0n) is 23.7. The van der Waals surface area contributed by atoms with Crippen LogP contribution in [0, 0.1) is 5.92 Å². The highest BCUT2D eigenvalue weighted by molar-refractivity contribution is 7.52. The van der Waals surface area contributed by atoms with E-state index < -0.39 is 7.60 Å². The van der Waals surface area contributed by atoms with Crippen molar-refractivity contribution in [3.8, 4) is 0 Å². The van der Waals surface area contributed by atoms with Crippen LogP contribution in [0.4, 0.5) is 0 Å². The summed E-state index contributed by atoms with van der Waals surface area (Å²) in [7, 11) is 0.261. The number of unbranched alkanes of at least 4 members (excludes halogenated alkanes) is 15. The summed E-state index contributed by atoms with van der Waals surface area (Å²) >= 11 is 0. The first kappa shape index (κ1) is 34.7. The van der Waals surface area contributed by atoms with Gasteiger partial charge < -0.3 is 23.8 Å². The number of carbonyl (C=O) groups excluding carboxylic acids is 1. The molecule has 0 aromatic rings. The standard InChI is InChI=1S/C28H58NO5P/c1-5-6-7-8-9-10-11-12-13-14-15-16-17-18-19-20-22-33-25-28(24-27(2)30)26-34-35(31,32)23-21-29(3)4/h28H,5-26H2,1-4H3,(H,31,32)/p+1. The number of nitrogens with one attached hydrogen (secondary N) is 1. The van der Waals surface area contributed by atoms with Gasteiger partial charge >= 0.3 is 7.60 Å². The van der Waals surface area contributed by atoms with Crippen molar-refractivity contribution in [3.05, 3.63) is 0 Å². The minimum atomic E-state index is -3.61. The van der Waals surface area contributed by atoms with Crippen LogP contribution in [0.25, 0.3) is 0 Å². The van der Waals surface area contributed by atoms with E-state index in [4.69, 9.17) is 9.26 Å². The van der Waals surface area contributed by atoms with Crippen LogP contribution < -0.4 is 4.90 Å². The van der Waals surface area contributed by atoms with Crippen molar-refractivity contribution in [2.24, 2.45) is 5.92 Å². The lowest BCUT2D eigenvalue weighted by Gasteiger charge is -2.19. The summed E-state index contributed by atoms with van der Waals surface area (Å²) in [6, 6.07) is 0. The van der Waals surface area contributed by atoms with Crippen LogP contribution in [-0.2, 0) is 18.6 Å². The second-order valence-corrected chi connectivity index (χ2v) is 12.7. The van der Waals surface area contributed by atoms with Gasteiger partial charge in [0, 0.05) is 18.9 Å². The fourth-order valence-electron chi connectivity index (χ4n) is 4.23. The summed E-state index contributed by atoms with van der Waals surface area (Å²) in [6.45, 7) is 5.55. The van der Waals surface area contributed by atoms with Gasteiger partial charge in [-0.05, 0) is 13.3 Å². The molecule has 35 heavy (non-hydrogen) atoms. The normalized spacial score (nSPS) is 14.3. The molecule has 0 bridgehead atoms. The smallest absolute Gasteiger partial charge is 0.333 e. The quantitative estimate of drug-likeness (QED) is 0.0995. The van der Waals surface area contributed by atoms with Crippen molar-refractivity contribution in [2.45, 2.75) is 123 Å². The molecule has 2 atom stereocenters. The fourth-order valence-corrected chi connectivity index (χ4v) is 5.53. The highest BCUT2D eigenvalue weighted by Gasteiger charge is 2.23. The Hall–Kier alpha value is -0.260. The average molecular weight is 521 g/mol. The molecular weight excluding hydrogens is 461 g/mol. The van der Waals surface area contributed by atoms with Gasteiger partial charge in [-0.15, -0.1) is 0 Å². The fraction of sp³-hybridized carbons (Fsp3) is 0.964. The molecule has 0 saturated heterocycles. The summed E-state index contributed by atoms with van der Waals surface area (Å²) in [6.07, 6.45) is 22.0. The molecule has 0 rings (SSSR count). The van der Waals surface area contributed by atoms with E-state index in [2.05, 4.69) is 6.92 Å². The summed E-state index contributed by atoms with van der Waals surface area (Å²) in [5, 5.41) is 0. The van der Waals surface area contributed by atoms with Crippen LogP contribution in [0.15, 0.2) is 0 Å². The lowest BCUT2D eigenvalue weighted by molar-refractivity contribution is -0.855. The number of quaternary nitrogens is 1. The molecule has 0 heterocycles. The zero-order valence-corrected chi connectivity index (χ0v) is 24.6. The van der Waals surface area contributed by atoms with Gasteiger partial charge in [-0.3, -0.25) is 4.57 Å². The van der Waals surface area contributed by atoms with Gasteiger partial charge in [-0.1, -0.05) is 103 Å². The number of hydrogen-bond acceptors (Lipinski definition) is 4. The lowest BCUT2D eigenvalue weighted by Crippen LogP contribution is -3.06. The van der Waals surface area contributed by atoms with Gasteiger partial charge in [0.25, 0.3) is 0 Å². The Morgan fingerprint density at radius 3 is 1.69 bits per heavy atom. The Kier molecular flexibility index (Phi) is 23.9. The molecule has 7 heteroatoms. The Bertz CT molecular complexity index is 529. The molecule has 0 fully saturated rings. The van der Waals surface area contributed by atoms with Crippen LogP contribution in [0.5, 0.6) is 0 Å². The van der Waals surface area contributed by atoms with E-state index in [0.29, 0.717) is 26.2 Å². The molecule has 2 N–H and O–H groups in total. The molecule has 0 aliphatic rings.